The molecular weight excluding hydrogens is 378 g/mol. The minimum Gasteiger partial charge on any atom is -0.467 e. The van der Waals surface area contributed by atoms with Gasteiger partial charge >= 0.3 is 12.0 Å². The first-order chi connectivity index (χ1) is 13.8. The van der Waals surface area contributed by atoms with Crippen molar-refractivity contribution in [2.24, 2.45) is 0 Å². The molecule has 150 valence electrons. The largest absolute Gasteiger partial charge is 0.467 e. The fourth-order valence-corrected chi connectivity index (χ4v) is 3.83. The van der Waals surface area contributed by atoms with Crippen molar-refractivity contribution in [2.75, 3.05) is 11.5 Å². The first-order valence-electron chi connectivity index (χ1n) is 9.17. The third kappa shape index (κ3) is 3.14. The van der Waals surface area contributed by atoms with E-state index in [4.69, 9.17) is 9.47 Å². The zero-order chi connectivity index (χ0) is 20.8. The molecule has 1 N–H and O–H groups in total. The van der Waals surface area contributed by atoms with Gasteiger partial charge in [0.2, 0.25) is 0 Å². The number of carbonyl (C=O) groups excluding carboxylic acids is 2. The molecule has 0 aromatic heterocycles. The van der Waals surface area contributed by atoms with Gasteiger partial charge in [-0.25, -0.2) is 9.59 Å². The van der Waals surface area contributed by atoms with Crippen LogP contribution in [-0.4, -0.2) is 29.3 Å². The fraction of sp³-hybridized carbons (Fsp3) is 0.300. The Labute approximate surface area is 166 Å². The lowest BCUT2D eigenvalue weighted by atomic mass is 9.90. The summed E-state index contributed by atoms with van der Waals surface area (Å²) in [6, 6.07) is 10.1. The summed E-state index contributed by atoms with van der Waals surface area (Å²) in [7, 11) is 0. The first-order valence-corrected chi connectivity index (χ1v) is 9.17. The van der Waals surface area contributed by atoms with E-state index in [1.54, 1.807) is 44.2 Å². The molecule has 4 rings (SSSR count). The summed E-state index contributed by atoms with van der Waals surface area (Å²) < 4.78 is 11.1. The molecular formula is C20H19N3O6. The van der Waals surface area contributed by atoms with E-state index >= 15 is 0 Å². The van der Waals surface area contributed by atoms with Crippen molar-refractivity contribution >= 4 is 23.4 Å². The van der Waals surface area contributed by atoms with E-state index < -0.39 is 22.7 Å². The van der Waals surface area contributed by atoms with Crippen molar-refractivity contribution in [2.45, 2.75) is 32.0 Å². The number of nitrogens with zero attached hydrogens (tertiary/aromatic N) is 2. The molecule has 2 aromatic rings. The SMILES string of the molecule is CCOC(=O)c1ccc(N2C(=O)N[C@H]3C[C@@]2(C)Oc2ccc([N+](=O)[O-])cc23)cc1. The van der Waals surface area contributed by atoms with Crippen LogP contribution in [0.2, 0.25) is 0 Å². The number of anilines is 1. The molecule has 29 heavy (non-hydrogen) atoms. The van der Waals surface area contributed by atoms with Gasteiger partial charge in [-0.2, -0.15) is 0 Å². The van der Waals surface area contributed by atoms with Crippen molar-refractivity contribution in [3.8, 4) is 5.75 Å². The number of urea groups is 1. The lowest BCUT2D eigenvalue weighted by Crippen LogP contribution is -2.65. The number of benzene rings is 2. The van der Waals surface area contributed by atoms with Crippen LogP contribution >= 0.6 is 0 Å². The van der Waals surface area contributed by atoms with Crippen LogP contribution < -0.4 is 15.0 Å². The minimum absolute atomic E-state index is 0.0535. The number of nitrogens with one attached hydrogen (secondary N) is 1. The lowest BCUT2D eigenvalue weighted by Gasteiger charge is -2.50. The van der Waals surface area contributed by atoms with Gasteiger partial charge in [0, 0.05) is 29.8 Å². The van der Waals surface area contributed by atoms with Gasteiger partial charge in [0.1, 0.15) is 5.75 Å². The molecule has 1 fully saturated rings. The molecule has 2 amide bonds. The maximum absolute atomic E-state index is 12.9. The predicted octanol–water partition coefficient (Wildman–Crippen LogP) is 3.54. The topological polar surface area (TPSA) is 111 Å². The number of nitro groups is 1. The summed E-state index contributed by atoms with van der Waals surface area (Å²) in [5.74, 6) is 0.0559. The van der Waals surface area contributed by atoms with Crippen LogP contribution in [0.5, 0.6) is 5.75 Å². The Morgan fingerprint density at radius 2 is 2.07 bits per heavy atom. The number of hydrogen-bond donors (Lipinski definition) is 1. The number of hydrogen-bond acceptors (Lipinski definition) is 6. The second-order valence-corrected chi connectivity index (χ2v) is 7.07. The smallest absolute Gasteiger partial charge is 0.338 e. The average molecular weight is 397 g/mol. The number of rotatable bonds is 4. The Kier molecular flexibility index (Phi) is 4.37. The number of carbonyl (C=O) groups is 2. The molecule has 2 aliphatic rings. The fourth-order valence-electron chi connectivity index (χ4n) is 3.83. The molecule has 2 bridgehead atoms. The Hall–Kier alpha value is -3.62. The van der Waals surface area contributed by atoms with Gasteiger partial charge in [-0.15, -0.1) is 0 Å². The Morgan fingerprint density at radius 1 is 1.34 bits per heavy atom. The summed E-state index contributed by atoms with van der Waals surface area (Å²) in [5.41, 5.74) is 0.492. The highest BCUT2D eigenvalue weighted by Crippen LogP contribution is 2.46. The van der Waals surface area contributed by atoms with E-state index in [-0.39, 0.29) is 18.3 Å². The molecule has 1 saturated heterocycles. The number of fused-ring (bicyclic) bond motifs is 4. The lowest BCUT2D eigenvalue weighted by molar-refractivity contribution is -0.385. The summed E-state index contributed by atoms with van der Waals surface area (Å²) in [6.07, 6.45) is 0.409. The third-order valence-electron chi connectivity index (χ3n) is 5.10. The highest BCUT2D eigenvalue weighted by Gasteiger charge is 2.50. The maximum atomic E-state index is 12.9. The molecule has 0 aliphatic carbocycles. The molecule has 2 aliphatic heterocycles. The zero-order valence-electron chi connectivity index (χ0n) is 15.9. The van der Waals surface area contributed by atoms with Crippen molar-refractivity contribution in [3.63, 3.8) is 0 Å². The van der Waals surface area contributed by atoms with E-state index in [2.05, 4.69) is 5.32 Å². The van der Waals surface area contributed by atoms with Crippen molar-refractivity contribution in [3.05, 3.63) is 63.7 Å². The molecule has 0 unspecified atom stereocenters. The molecule has 2 heterocycles. The Morgan fingerprint density at radius 3 is 2.72 bits per heavy atom. The van der Waals surface area contributed by atoms with Crippen LogP contribution in [0, 0.1) is 10.1 Å². The molecule has 0 spiro atoms. The highest BCUT2D eigenvalue weighted by molar-refractivity contribution is 5.96. The van der Waals surface area contributed by atoms with Gasteiger partial charge in [-0.05, 0) is 44.2 Å². The Bertz CT molecular complexity index is 1010. The summed E-state index contributed by atoms with van der Waals surface area (Å²) in [4.78, 5) is 36.8. The predicted molar refractivity (Wildman–Crippen MR) is 103 cm³/mol. The van der Waals surface area contributed by atoms with Gasteiger partial charge in [0.05, 0.1) is 23.1 Å². The second-order valence-electron chi connectivity index (χ2n) is 7.07. The normalized spacial score (nSPS) is 22.2. The maximum Gasteiger partial charge on any atom is 0.338 e. The average Bonchev–Trinajstić information content (AvgIpc) is 2.67. The van der Waals surface area contributed by atoms with Crippen LogP contribution in [-0.2, 0) is 4.74 Å². The van der Waals surface area contributed by atoms with Crippen LogP contribution in [0.1, 0.15) is 42.2 Å². The van der Waals surface area contributed by atoms with Gasteiger partial charge in [0.25, 0.3) is 5.69 Å². The molecule has 2 atom stereocenters. The molecule has 2 aromatic carbocycles. The van der Waals surface area contributed by atoms with E-state index in [9.17, 15) is 19.7 Å². The van der Waals surface area contributed by atoms with Crippen LogP contribution in [0.25, 0.3) is 0 Å². The monoisotopic (exact) mass is 397 g/mol. The number of esters is 1. The zero-order valence-corrected chi connectivity index (χ0v) is 15.9. The number of nitro benzene ring substituents is 1. The van der Waals surface area contributed by atoms with E-state index in [1.165, 1.54) is 17.0 Å². The number of amides is 2. The van der Waals surface area contributed by atoms with Crippen LogP contribution in [0.15, 0.2) is 42.5 Å². The summed E-state index contributed by atoms with van der Waals surface area (Å²) in [6.45, 7) is 3.80. The van der Waals surface area contributed by atoms with Crippen molar-refractivity contribution in [1.82, 2.24) is 5.32 Å². The number of ether oxygens (including phenoxy) is 2. The molecule has 0 radical (unpaired) electrons. The quantitative estimate of drug-likeness (QED) is 0.480. The van der Waals surface area contributed by atoms with Crippen LogP contribution in [0.3, 0.4) is 0 Å². The van der Waals surface area contributed by atoms with Gasteiger partial charge in [-0.1, -0.05) is 0 Å². The van der Waals surface area contributed by atoms with Gasteiger partial charge < -0.3 is 14.8 Å². The molecule has 0 saturated carbocycles. The molecule has 9 nitrogen and oxygen atoms in total. The van der Waals surface area contributed by atoms with Crippen LogP contribution in [0.4, 0.5) is 16.2 Å². The van der Waals surface area contributed by atoms with E-state index in [0.717, 1.165) is 0 Å². The third-order valence-corrected chi connectivity index (χ3v) is 5.10. The summed E-state index contributed by atoms with van der Waals surface area (Å²) >= 11 is 0. The minimum atomic E-state index is -0.985. The van der Waals surface area contributed by atoms with Gasteiger partial charge in [0.15, 0.2) is 5.72 Å². The Balaban J connectivity index is 1.67. The summed E-state index contributed by atoms with van der Waals surface area (Å²) in [5, 5.41) is 14.0. The molecule has 9 heteroatoms. The van der Waals surface area contributed by atoms with E-state index in [1.807, 2.05) is 0 Å². The first kappa shape index (κ1) is 18.7. The second kappa shape index (κ2) is 6.77. The highest BCUT2D eigenvalue weighted by atomic mass is 16.6. The van der Waals surface area contributed by atoms with Gasteiger partial charge in [-0.3, -0.25) is 15.0 Å². The number of non-ortho nitro benzene ring substituents is 1. The van der Waals surface area contributed by atoms with Crippen molar-refractivity contribution < 1.29 is 24.0 Å². The van der Waals surface area contributed by atoms with E-state index in [0.29, 0.717) is 29.0 Å². The standard InChI is InChI=1S/C20H19N3O6/c1-3-28-18(24)12-4-6-13(7-5-12)22-19(25)21-16-11-20(22,2)29-17-9-8-14(23(26)27)10-15(16)17/h4-10,16H,3,11H2,1-2H3,(H,21,25)/t16-,20+/m0/s1. The van der Waals surface area contributed by atoms with Crippen molar-refractivity contribution in [1.29, 1.82) is 0 Å².